The summed E-state index contributed by atoms with van der Waals surface area (Å²) >= 11 is 11.6. The maximum Gasteiger partial charge on any atom is 0.417 e. The van der Waals surface area contributed by atoms with Gasteiger partial charge in [0.15, 0.2) is 5.69 Å². The number of hydrogen-bond donors (Lipinski definition) is 1. The molecule has 0 saturated heterocycles. The molecule has 1 atom stereocenters. The number of hydrogen-bond acceptors (Lipinski definition) is 3. The highest BCUT2D eigenvalue weighted by Gasteiger charge is 2.34. The lowest BCUT2D eigenvalue weighted by Crippen LogP contribution is -2.08. The average molecular weight is 428 g/mol. The van der Waals surface area contributed by atoms with Crippen LogP contribution in [-0.4, -0.2) is 25.8 Å². The number of halogens is 5. The van der Waals surface area contributed by atoms with Crippen molar-refractivity contribution in [3.63, 3.8) is 0 Å². The number of aliphatic hydroxyl groups is 1. The molecule has 1 aliphatic heterocycles. The molecule has 1 N–H and O–H groups in total. The van der Waals surface area contributed by atoms with Gasteiger partial charge < -0.3 is 10.3 Å². The zero-order chi connectivity index (χ0) is 20.2. The molecule has 0 spiro atoms. The molecule has 144 valence electrons. The highest BCUT2D eigenvalue weighted by atomic mass is 35.5. The van der Waals surface area contributed by atoms with Gasteiger partial charge in [-0.3, -0.25) is 0 Å². The molecular weight excluding hydrogens is 418 g/mol. The Balaban J connectivity index is 1.85. The Bertz CT molecular complexity index is 1130. The van der Waals surface area contributed by atoms with E-state index in [1.807, 2.05) is 0 Å². The van der Waals surface area contributed by atoms with Crippen LogP contribution in [-0.2, 0) is 6.18 Å². The van der Waals surface area contributed by atoms with Crippen molar-refractivity contribution < 1.29 is 23.0 Å². The third-order valence-electron chi connectivity index (χ3n) is 4.35. The van der Waals surface area contributed by atoms with Gasteiger partial charge in [0.2, 0.25) is 11.9 Å². The zero-order valence-corrected chi connectivity index (χ0v) is 15.3. The minimum Gasteiger partial charge on any atom is -0.618 e. The van der Waals surface area contributed by atoms with Crippen molar-refractivity contribution in [2.24, 2.45) is 0 Å². The van der Waals surface area contributed by atoms with E-state index < -0.39 is 22.9 Å². The highest BCUT2D eigenvalue weighted by molar-refractivity contribution is 6.31. The van der Waals surface area contributed by atoms with Crippen LogP contribution in [0.5, 0.6) is 0 Å². The van der Waals surface area contributed by atoms with Gasteiger partial charge in [-0.2, -0.15) is 23.0 Å². The van der Waals surface area contributed by atoms with Crippen molar-refractivity contribution in [3.05, 3.63) is 80.2 Å². The van der Waals surface area contributed by atoms with Gasteiger partial charge in [-0.15, -0.1) is 0 Å². The van der Waals surface area contributed by atoms with Crippen LogP contribution in [0.15, 0.2) is 42.6 Å². The predicted octanol–water partition coefficient (Wildman–Crippen LogP) is 4.85. The molecule has 1 aromatic heterocycles. The summed E-state index contributed by atoms with van der Waals surface area (Å²) in [5.41, 5.74) is -0.0845. The summed E-state index contributed by atoms with van der Waals surface area (Å²) in [6, 6.07) is 7.76. The summed E-state index contributed by atoms with van der Waals surface area (Å²) in [5.74, 6) is 0. The third-order valence-corrected chi connectivity index (χ3v) is 4.91. The van der Waals surface area contributed by atoms with E-state index in [4.69, 9.17) is 23.2 Å². The monoisotopic (exact) mass is 427 g/mol. The first-order valence-electron chi connectivity index (χ1n) is 7.90. The first-order chi connectivity index (χ1) is 13.1. The summed E-state index contributed by atoms with van der Waals surface area (Å²) < 4.78 is 41.0. The van der Waals surface area contributed by atoms with Gasteiger partial charge in [0, 0.05) is 22.8 Å². The molecule has 0 aliphatic carbocycles. The van der Waals surface area contributed by atoms with Crippen LogP contribution < -0.4 is 0 Å². The normalized spacial score (nSPS) is 16.2. The highest BCUT2D eigenvalue weighted by Crippen LogP contribution is 2.38. The van der Waals surface area contributed by atoms with Crippen LogP contribution in [0.3, 0.4) is 0 Å². The van der Waals surface area contributed by atoms with E-state index in [1.165, 1.54) is 30.5 Å². The van der Waals surface area contributed by atoms with Gasteiger partial charge in [0.25, 0.3) is 0 Å². The first-order valence-corrected chi connectivity index (χ1v) is 8.66. The second-order valence-corrected chi connectivity index (χ2v) is 6.98. The standard InChI is InChI=1S/C18H10Cl2F3N3O2/c19-9-1-4-16-11(5-9)17(27)12-7-25(24-15(12)8-26(16)28)10-2-3-14(20)13(6-10)18(21,22)23/h1-8,17,27H. The van der Waals surface area contributed by atoms with E-state index >= 15 is 0 Å². The SMILES string of the molecule is [O-][N+]1=Cc2nn(-c3ccc(Cl)c(C(F)(F)F)c3)cc2C(O)c2cc(Cl)ccc21. The van der Waals surface area contributed by atoms with Gasteiger partial charge in [-0.05, 0) is 30.3 Å². The molecule has 28 heavy (non-hydrogen) atoms. The Morgan fingerprint density at radius 3 is 2.57 bits per heavy atom. The molecule has 0 amide bonds. The van der Waals surface area contributed by atoms with Crippen molar-refractivity contribution in [3.8, 4) is 5.69 Å². The van der Waals surface area contributed by atoms with E-state index in [0.717, 1.165) is 23.0 Å². The summed E-state index contributed by atoms with van der Waals surface area (Å²) in [5, 5.41) is 27.2. The van der Waals surface area contributed by atoms with Crippen molar-refractivity contribution in [2.75, 3.05) is 0 Å². The second kappa shape index (κ2) is 6.51. The number of alkyl halides is 3. The van der Waals surface area contributed by atoms with Crippen LogP contribution in [0.1, 0.15) is 28.5 Å². The summed E-state index contributed by atoms with van der Waals surface area (Å²) in [4.78, 5) is 0. The van der Waals surface area contributed by atoms with E-state index in [9.17, 15) is 23.5 Å². The van der Waals surface area contributed by atoms with Crippen molar-refractivity contribution in [1.29, 1.82) is 0 Å². The molecule has 0 fully saturated rings. The largest absolute Gasteiger partial charge is 0.618 e. The maximum absolute atomic E-state index is 13.1. The molecule has 5 nitrogen and oxygen atoms in total. The smallest absolute Gasteiger partial charge is 0.417 e. The lowest BCUT2D eigenvalue weighted by Gasteiger charge is -2.12. The molecule has 0 bridgehead atoms. The van der Waals surface area contributed by atoms with Crippen molar-refractivity contribution in [1.82, 2.24) is 9.78 Å². The van der Waals surface area contributed by atoms with Gasteiger partial charge in [-0.25, -0.2) is 4.68 Å². The average Bonchev–Trinajstić information content (AvgIpc) is 3.00. The topological polar surface area (TPSA) is 64.1 Å². The van der Waals surface area contributed by atoms with Gasteiger partial charge in [0.1, 0.15) is 6.10 Å². The molecule has 4 rings (SSSR count). The van der Waals surface area contributed by atoms with E-state index in [2.05, 4.69) is 5.10 Å². The summed E-state index contributed by atoms with van der Waals surface area (Å²) in [6.07, 6.45) is -3.36. The quantitative estimate of drug-likeness (QED) is 0.445. The molecule has 3 aromatic rings. The number of aliphatic hydroxyl groups excluding tert-OH is 1. The Hall–Kier alpha value is -2.55. The molecule has 0 saturated carbocycles. The molecular formula is C18H10Cl2F3N3O2. The Morgan fingerprint density at radius 2 is 1.86 bits per heavy atom. The third kappa shape index (κ3) is 3.13. The number of fused-ring (bicyclic) bond motifs is 2. The van der Waals surface area contributed by atoms with Gasteiger partial charge in [0.05, 0.1) is 21.8 Å². The van der Waals surface area contributed by atoms with E-state index in [0.29, 0.717) is 9.76 Å². The molecule has 0 radical (unpaired) electrons. The van der Waals surface area contributed by atoms with Crippen LogP contribution in [0.2, 0.25) is 10.0 Å². The lowest BCUT2D eigenvalue weighted by atomic mass is 10.0. The van der Waals surface area contributed by atoms with Crippen LogP contribution in [0.25, 0.3) is 5.69 Å². The number of nitrogens with zero attached hydrogens (tertiary/aromatic N) is 3. The van der Waals surface area contributed by atoms with Crippen molar-refractivity contribution >= 4 is 35.1 Å². The number of benzene rings is 2. The molecule has 1 unspecified atom stereocenters. The molecule has 2 aromatic carbocycles. The molecule has 10 heteroatoms. The minimum absolute atomic E-state index is 0.0779. The van der Waals surface area contributed by atoms with E-state index in [-0.39, 0.29) is 28.2 Å². The van der Waals surface area contributed by atoms with Gasteiger partial charge in [-0.1, -0.05) is 23.2 Å². The Labute approximate surface area is 166 Å². The summed E-state index contributed by atoms with van der Waals surface area (Å²) in [6.45, 7) is 0. The van der Waals surface area contributed by atoms with Crippen LogP contribution in [0, 0.1) is 5.21 Å². The zero-order valence-electron chi connectivity index (χ0n) is 13.8. The Kier molecular flexibility index (Phi) is 4.37. The number of rotatable bonds is 1. The minimum atomic E-state index is -4.63. The lowest BCUT2D eigenvalue weighted by molar-refractivity contribution is -0.355. The Morgan fingerprint density at radius 1 is 1.11 bits per heavy atom. The predicted molar refractivity (Wildman–Crippen MR) is 97.5 cm³/mol. The molecule has 2 heterocycles. The summed E-state index contributed by atoms with van der Waals surface area (Å²) in [7, 11) is 0. The fourth-order valence-corrected chi connectivity index (χ4v) is 3.42. The first kappa shape index (κ1) is 18.8. The fourth-order valence-electron chi connectivity index (χ4n) is 3.01. The second-order valence-electron chi connectivity index (χ2n) is 6.14. The van der Waals surface area contributed by atoms with Crippen LogP contribution in [0.4, 0.5) is 18.9 Å². The van der Waals surface area contributed by atoms with E-state index in [1.54, 1.807) is 0 Å². The molecule has 1 aliphatic rings. The van der Waals surface area contributed by atoms with Gasteiger partial charge >= 0.3 is 6.18 Å². The fraction of sp³-hybridized carbons (Fsp3) is 0.111. The number of aromatic nitrogens is 2. The van der Waals surface area contributed by atoms with Crippen LogP contribution >= 0.6 is 23.2 Å². The maximum atomic E-state index is 13.1. The van der Waals surface area contributed by atoms with Crippen molar-refractivity contribution in [2.45, 2.75) is 12.3 Å².